The van der Waals surface area contributed by atoms with Gasteiger partial charge in [-0.25, -0.2) is 0 Å². The molecule has 3 heterocycles. The van der Waals surface area contributed by atoms with Crippen LogP contribution >= 0.6 is 23.2 Å². The molecule has 2 aromatic carbocycles. The van der Waals surface area contributed by atoms with Crippen LogP contribution in [0, 0.1) is 11.3 Å². The summed E-state index contributed by atoms with van der Waals surface area (Å²) in [6.45, 7) is 1.48. The number of hydrogen-bond donors (Lipinski definition) is 2. The van der Waals surface area contributed by atoms with Crippen molar-refractivity contribution < 1.29 is 19.3 Å². The average molecular weight is 557 g/mol. The van der Waals surface area contributed by atoms with E-state index in [1.165, 1.54) is 26.1 Å². The molecule has 38 heavy (non-hydrogen) atoms. The molecule has 200 valence electrons. The van der Waals surface area contributed by atoms with Crippen LogP contribution in [-0.4, -0.2) is 60.5 Å². The van der Waals surface area contributed by atoms with Crippen molar-refractivity contribution in [3.63, 3.8) is 0 Å². The number of nitriles is 1. The van der Waals surface area contributed by atoms with Crippen molar-refractivity contribution in [2.75, 3.05) is 32.7 Å². The molecule has 2 fully saturated rings. The highest BCUT2D eigenvalue weighted by Crippen LogP contribution is 2.41. The number of nitrogens with zero attached hydrogens (tertiary/aromatic N) is 3. The number of pyridine rings is 1. The maximum atomic E-state index is 10.0. The third-order valence-corrected chi connectivity index (χ3v) is 8.06. The zero-order chi connectivity index (χ0) is 26.8. The fourth-order valence-corrected chi connectivity index (χ4v) is 6.16. The van der Waals surface area contributed by atoms with Crippen molar-refractivity contribution in [3.8, 4) is 23.3 Å². The second kappa shape index (κ2) is 11.4. The second-order valence-corrected chi connectivity index (χ2v) is 10.5. The molecular formula is C28H30Cl2N4O4. The third-order valence-electron chi connectivity index (χ3n) is 7.45. The van der Waals surface area contributed by atoms with E-state index in [0.717, 1.165) is 25.8 Å². The molecule has 5 rings (SSSR count). The van der Waals surface area contributed by atoms with Crippen molar-refractivity contribution in [1.29, 1.82) is 5.26 Å². The Morgan fingerprint density at radius 2 is 1.79 bits per heavy atom. The molecule has 2 aliphatic rings. The molecule has 10 heteroatoms. The van der Waals surface area contributed by atoms with E-state index in [-0.39, 0.29) is 6.10 Å². The third kappa shape index (κ3) is 5.29. The van der Waals surface area contributed by atoms with E-state index in [0.29, 0.717) is 73.8 Å². The van der Waals surface area contributed by atoms with E-state index >= 15 is 0 Å². The van der Waals surface area contributed by atoms with Crippen molar-refractivity contribution in [1.82, 2.24) is 9.88 Å². The fraction of sp³-hybridized carbons (Fsp3) is 0.429. The van der Waals surface area contributed by atoms with Crippen LogP contribution in [0.1, 0.15) is 37.7 Å². The van der Waals surface area contributed by atoms with Gasteiger partial charge in [0.1, 0.15) is 11.8 Å². The van der Waals surface area contributed by atoms with Crippen LogP contribution in [0.5, 0.6) is 17.2 Å². The summed E-state index contributed by atoms with van der Waals surface area (Å²) < 4.78 is 17.1. The average Bonchev–Trinajstić information content (AvgIpc) is 3.15. The van der Waals surface area contributed by atoms with Gasteiger partial charge in [-0.1, -0.05) is 23.2 Å². The number of ether oxygens (including phenoxy) is 3. The molecule has 2 atom stereocenters. The number of nitrogens with one attached hydrogen (secondary N) is 1. The molecule has 2 N–H and O–H groups in total. The number of aliphatic hydroxyl groups is 1. The molecule has 2 saturated heterocycles. The summed E-state index contributed by atoms with van der Waals surface area (Å²) in [7, 11) is 3.11. The molecule has 0 saturated carbocycles. The number of aromatic nitrogens is 1. The zero-order valence-corrected chi connectivity index (χ0v) is 22.8. The van der Waals surface area contributed by atoms with E-state index in [1.54, 1.807) is 19.2 Å². The Morgan fingerprint density at radius 1 is 1.05 bits per heavy atom. The molecule has 0 amide bonds. The van der Waals surface area contributed by atoms with Gasteiger partial charge in [-0.2, -0.15) is 5.26 Å². The first kappa shape index (κ1) is 26.6. The van der Waals surface area contributed by atoms with Crippen LogP contribution in [-0.2, 0) is 0 Å². The van der Waals surface area contributed by atoms with Gasteiger partial charge >= 0.3 is 0 Å². The first-order valence-electron chi connectivity index (χ1n) is 12.7. The summed E-state index contributed by atoms with van der Waals surface area (Å²) in [6, 6.07) is 10.1. The Balaban J connectivity index is 1.36. The van der Waals surface area contributed by atoms with Gasteiger partial charge in [0.25, 0.3) is 0 Å². The van der Waals surface area contributed by atoms with Gasteiger partial charge < -0.3 is 24.6 Å². The maximum absolute atomic E-state index is 10.0. The van der Waals surface area contributed by atoms with E-state index in [9.17, 15) is 10.4 Å². The van der Waals surface area contributed by atoms with Crippen molar-refractivity contribution in [2.24, 2.45) is 0 Å². The van der Waals surface area contributed by atoms with Gasteiger partial charge in [0.15, 0.2) is 11.5 Å². The van der Waals surface area contributed by atoms with E-state index < -0.39 is 0 Å². The Hall–Kier alpha value is -2.96. The first-order valence-corrected chi connectivity index (χ1v) is 13.4. The van der Waals surface area contributed by atoms with Crippen molar-refractivity contribution in [2.45, 2.75) is 50.3 Å². The summed E-state index contributed by atoms with van der Waals surface area (Å²) in [4.78, 5) is 7.02. The summed E-state index contributed by atoms with van der Waals surface area (Å²) >= 11 is 12.6. The lowest BCUT2D eigenvalue weighted by Gasteiger charge is -2.37. The minimum atomic E-state index is -0.159. The number of benzene rings is 2. The molecule has 3 aromatic rings. The van der Waals surface area contributed by atoms with Gasteiger partial charge in [-0.05, 0) is 44.2 Å². The number of piperidine rings is 1. The van der Waals surface area contributed by atoms with E-state index in [2.05, 4.69) is 21.3 Å². The highest BCUT2D eigenvalue weighted by Gasteiger charge is 2.39. The van der Waals surface area contributed by atoms with Crippen LogP contribution in [0.15, 0.2) is 30.5 Å². The van der Waals surface area contributed by atoms with Gasteiger partial charge in [0.05, 0.1) is 59.4 Å². The second-order valence-electron chi connectivity index (χ2n) is 9.72. The molecule has 2 bridgehead atoms. The zero-order valence-electron chi connectivity index (χ0n) is 21.3. The van der Waals surface area contributed by atoms with Crippen LogP contribution in [0.2, 0.25) is 10.0 Å². The topological polar surface area (TPSA) is 99.9 Å². The fourth-order valence-electron chi connectivity index (χ4n) is 5.65. The maximum Gasteiger partial charge on any atom is 0.163 e. The minimum Gasteiger partial charge on any atom is -0.495 e. The molecule has 0 spiro atoms. The minimum absolute atomic E-state index is 0.159. The summed E-state index contributed by atoms with van der Waals surface area (Å²) in [6.07, 6.45) is 6.31. The number of aliphatic hydroxyl groups excluding tert-OH is 1. The Labute approximate surface area is 232 Å². The standard InChI is InChI=1S/C28H30Cl2N4O4/c1-36-25-13-24(21(29)11-22(25)30)33-28-16(14-31)15-32-23-12-27(26(37-2)10-20(23)28)38-7-3-6-34-17-4-5-18(34)9-19(35)8-17/h10-13,15,17-19,35H,3-9H2,1-2H3,(H,32,33). The molecule has 8 nitrogen and oxygen atoms in total. The summed E-state index contributed by atoms with van der Waals surface area (Å²) in [5, 5.41) is 24.5. The van der Waals surface area contributed by atoms with Crippen molar-refractivity contribution in [3.05, 3.63) is 46.1 Å². The highest BCUT2D eigenvalue weighted by molar-refractivity contribution is 6.37. The quantitative estimate of drug-likeness (QED) is 0.313. The number of rotatable bonds is 9. The largest absolute Gasteiger partial charge is 0.495 e. The van der Waals surface area contributed by atoms with Gasteiger partial charge in [0, 0.05) is 42.3 Å². The number of methoxy groups -OCH3 is 2. The van der Waals surface area contributed by atoms with E-state index in [1.807, 2.05) is 12.1 Å². The highest BCUT2D eigenvalue weighted by atomic mass is 35.5. The molecule has 0 aliphatic carbocycles. The molecule has 2 aliphatic heterocycles. The molecule has 2 unspecified atom stereocenters. The lowest BCUT2D eigenvalue weighted by Crippen LogP contribution is -2.45. The Kier molecular flexibility index (Phi) is 8.01. The van der Waals surface area contributed by atoms with Crippen LogP contribution in [0.25, 0.3) is 10.9 Å². The first-order chi connectivity index (χ1) is 18.4. The predicted molar refractivity (Wildman–Crippen MR) is 148 cm³/mol. The SMILES string of the molecule is COc1cc(Nc2c(C#N)cnc3cc(OCCCN4C5CCC4CC(O)C5)c(OC)cc23)c(Cl)cc1Cl. The van der Waals surface area contributed by atoms with Crippen LogP contribution in [0.3, 0.4) is 0 Å². The predicted octanol–water partition coefficient (Wildman–Crippen LogP) is 5.93. The van der Waals surface area contributed by atoms with Gasteiger partial charge in [-0.15, -0.1) is 0 Å². The van der Waals surface area contributed by atoms with Gasteiger partial charge in [-0.3, -0.25) is 9.88 Å². The number of fused-ring (bicyclic) bond motifs is 3. The number of anilines is 2. The van der Waals surface area contributed by atoms with Crippen LogP contribution in [0.4, 0.5) is 11.4 Å². The molecular weight excluding hydrogens is 527 g/mol. The van der Waals surface area contributed by atoms with Crippen molar-refractivity contribution >= 4 is 45.5 Å². The Morgan fingerprint density at radius 3 is 2.47 bits per heavy atom. The Bertz CT molecular complexity index is 1370. The smallest absolute Gasteiger partial charge is 0.163 e. The monoisotopic (exact) mass is 556 g/mol. The number of hydrogen-bond acceptors (Lipinski definition) is 8. The molecule has 1 aromatic heterocycles. The lowest BCUT2D eigenvalue weighted by atomic mass is 10.00. The van der Waals surface area contributed by atoms with E-state index in [4.69, 9.17) is 37.4 Å². The lowest BCUT2D eigenvalue weighted by molar-refractivity contribution is 0.0331. The number of halogens is 2. The van der Waals surface area contributed by atoms with Gasteiger partial charge in [0.2, 0.25) is 0 Å². The normalized spacial score (nSPS) is 20.8. The summed E-state index contributed by atoms with van der Waals surface area (Å²) in [5.74, 6) is 1.59. The van der Waals surface area contributed by atoms with Crippen LogP contribution < -0.4 is 19.5 Å². The molecule has 0 radical (unpaired) electrons. The summed E-state index contributed by atoms with van der Waals surface area (Å²) in [5.41, 5.74) is 2.06.